The lowest BCUT2D eigenvalue weighted by molar-refractivity contribution is -0.187. The van der Waals surface area contributed by atoms with Gasteiger partial charge in [-0.1, -0.05) is 13.8 Å². The minimum atomic E-state index is -2.99. The Labute approximate surface area is 118 Å². The van der Waals surface area contributed by atoms with Gasteiger partial charge in [0.15, 0.2) is 0 Å². The summed E-state index contributed by atoms with van der Waals surface area (Å²) in [5.41, 5.74) is 0.796. The van der Waals surface area contributed by atoms with Crippen LogP contribution in [0.3, 0.4) is 0 Å². The van der Waals surface area contributed by atoms with Gasteiger partial charge in [0, 0.05) is 29.5 Å². The van der Waals surface area contributed by atoms with Crippen LogP contribution in [-0.2, 0) is 25.9 Å². The second kappa shape index (κ2) is 7.26. The Bertz CT molecular complexity index is 460. The van der Waals surface area contributed by atoms with Gasteiger partial charge < -0.3 is 4.52 Å². The summed E-state index contributed by atoms with van der Waals surface area (Å²) in [4.78, 5) is 13.2. The summed E-state index contributed by atoms with van der Waals surface area (Å²) in [6.07, 6.45) is 0. The van der Waals surface area contributed by atoms with Gasteiger partial charge in [-0.05, 0) is 13.8 Å². The molecule has 1 aromatic heterocycles. The molecule has 0 aliphatic heterocycles. The predicted octanol–water partition coefficient (Wildman–Crippen LogP) is 3.13. The molecule has 8 heteroatoms. The van der Waals surface area contributed by atoms with E-state index in [0.29, 0.717) is 18.3 Å². The third-order valence-electron chi connectivity index (χ3n) is 2.02. The summed E-state index contributed by atoms with van der Waals surface area (Å²) in [5, 5.41) is 0. The van der Waals surface area contributed by atoms with Crippen molar-refractivity contribution in [2.75, 3.05) is 13.7 Å². The molecular formula is C11H19N2O4PS. The lowest BCUT2D eigenvalue weighted by Crippen LogP contribution is -2.06. The van der Waals surface area contributed by atoms with Crippen LogP contribution in [0, 0.1) is 6.92 Å². The molecule has 0 saturated heterocycles. The predicted molar refractivity (Wildman–Crippen MR) is 75.5 cm³/mol. The maximum atomic E-state index is 5.56. The van der Waals surface area contributed by atoms with E-state index in [1.807, 2.05) is 20.8 Å². The van der Waals surface area contributed by atoms with Gasteiger partial charge in [-0.3, -0.25) is 4.52 Å². The summed E-state index contributed by atoms with van der Waals surface area (Å²) in [7, 11) is 1.36. The Balaban J connectivity index is 2.99. The average Bonchev–Trinajstić information content (AvgIpc) is 2.28. The van der Waals surface area contributed by atoms with Crippen LogP contribution >= 0.6 is 6.72 Å². The largest absolute Gasteiger partial charge is 0.409 e. The fourth-order valence-corrected chi connectivity index (χ4v) is 2.97. The van der Waals surface area contributed by atoms with Crippen molar-refractivity contribution >= 4 is 18.5 Å². The Hall–Kier alpha value is -0.590. The highest BCUT2D eigenvalue weighted by Crippen LogP contribution is 2.49. The first-order chi connectivity index (χ1) is 8.90. The second-order valence-corrected chi connectivity index (χ2v) is 6.88. The molecule has 0 radical (unpaired) electrons. The van der Waals surface area contributed by atoms with Crippen LogP contribution in [0.2, 0.25) is 0 Å². The quantitative estimate of drug-likeness (QED) is 0.435. The highest BCUT2D eigenvalue weighted by Gasteiger charge is 2.24. The molecule has 6 nitrogen and oxygen atoms in total. The van der Waals surface area contributed by atoms with Gasteiger partial charge in [-0.15, -0.1) is 4.67 Å². The molecule has 1 heterocycles. The molecular weight excluding hydrogens is 287 g/mol. The van der Waals surface area contributed by atoms with Crippen molar-refractivity contribution in [3.05, 3.63) is 17.6 Å². The Morgan fingerprint density at radius 2 is 2.05 bits per heavy atom. The van der Waals surface area contributed by atoms with Gasteiger partial charge >= 0.3 is 6.72 Å². The van der Waals surface area contributed by atoms with E-state index in [0.717, 1.165) is 5.69 Å². The lowest BCUT2D eigenvalue weighted by atomic mass is 10.2. The first kappa shape index (κ1) is 16.5. The standard InChI is InChI=1S/C11H19N2O4PS/c1-6-15-18(19,17-14-5)16-10-7-9(4)12-11(13-10)8(2)3/h7-8H,6H2,1-5H3. The molecule has 0 aliphatic rings. The summed E-state index contributed by atoms with van der Waals surface area (Å²) in [5.74, 6) is 1.21. The molecule has 0 saturated carbocycles. The summed E-state index contributed by atoms with van der Waals surface area (Å²) in [6, 6.07) is 1.69. The lowest BCUT2D eigenvalue weighted by Gasteiger charge is -2.19. The van der Waals surface area contributed by atoms with Gasteiger partial charge in [0.2, 0.25) is 5.88 Å². The second-order valence-electron chi connectivity index (χ2n) is 4.06. The van der Waals surface area contributed by atoms with Crippen molar-refractivity contribution in [2.45, 2.75) is 33.6 Å². The molecule has 1 rings (SSSR count). The molecule has 0 fully saturated rings. The highest BCUT2D eigenvalue weighted by molar-refractivity contribution is 8.07. The first-order valence-electron chi connectivity index (χ1n) is 5.92. The average molecular weight is 306 g/mol. The monoisotopic (exact) mass is 306 g/mol. The van der Waals surface area contributed by atoms with E-state index in [9.17, 15) is 0 Å². The van der Waals surface area contributed by atoms with Gasteiger partial charge in [-0.2, -0.15) is 4.98 Å². The molecule has 1 aromatic rings. The van der Waals surface area contributed by atoms with E-state index < -0.39 is 6.72 Å². The van der Waals surface area contributed by atoms with Gasteiger partial charge in [-0.25, -0.2) is 9.87 Å². The molecule has 1 atom stereocenters. The number of hydrogen-bond acceptors (Lipinski definition) is 7. The van der Waals surface area contributed by atoms with Crippen molar-refractivity contribution in [2.24, 2.45) is 0 Å². The molecule has 0 aliphatic carbocycles. The van der Waals surface area contributed by atoms with Crippen LogP contribution in [-0.4, -0.2) is 23.7 Å². The van der Waals surface area contributed by atoms with Crippen LogP contribution in [0.15, 0.2) is 6.07 Å². The van der Waals surface area contributed by atoms with Gasteiger partial charge in [0.1, 0.15) is 5.82 Å². The highest BCUT2D eigenvalue weighted by atomic mass is 32.5. The van der Waals surface area contributed by atoms with Crippen LogP contribution in [0.25, 0.3) is 0 Å². The summed E-state index contributed by atoms with van der Waals surface area (Å²) < 4.78 is 15.8. The maximum absolute atomic E-state index is 5.56. The number of aryl methyl sites for hydroxylation is 1. The van der Waals surface area contributed by atoms with Crippen LogP contribution in [0.1, 0.15) is 38.2 Å². The van der Waals surface area contributed by atoms with Crippen LogP contribution in [0.4, 0.5) is 0 Å². The number of nitrogens with zero attached hydrogens (tertiary/aromatic N) is 2. The van der Waals surface area contributed by atoms with E-state index in [-0.39, 0.29) is 5.92 Å². The number of hydrogen-bond donors (Lipinski definition) is 0. The van der Waals surface area contributed by atoms with Crippen molar-refractivity contribution in [3.8, 4) is 5.88 Å². The molecule has 0 spiro atoms. The molecule has 108 valence electrons. The maximum Gasteiger partial charge on any atom is 0.409 e. The third-order valence-corrected chi connectivity index (χ3v) is 4.06. The van der Waals surface area contributed by atoms with E-state index in [4.69, 9.17) is 25.5 Å². The van der Waals surface area contributed by atoms with Crippen molar-refractivity contribution < 1.29 is 18.6 Å². The zero-order valence-electron chi connectivity index (χ0n) is 11.7. The molecule has 1 unspecified atom stereocenters. The van der Waals surface area contributed by atoms with E-state index in [2.05, 4.69) is 14.9 Å². The Morgan fingerprint density at radius 1 is 1.37 bits per heavy atom. The summed E-state index contributed by atoms with van der Waals surface area (Å²) in [6.45, 7) is 5.04. The number of rotatable bonds is 7. The minimum absolute atomic E-state index is 0.190. The smallest absolute Gasteiger partial charge is 0.404 e. The Morgan fingerprint density at radius 3 is 2.58 bits per heavy atom. The zero-order chi connectivity index (χ0) is 14.5. The molecule has 0 amide bonds. The van der Waals surface area contributed by atoms with E-state index >= 15 is 0 Å². The molecule has 0 bridgehead atoms. The Kier molecular flexibility index (Phi) is 6.29. The normalized spacial score (nSPS) is 14.4. The first-order valence-corrected chi connectivity index (χ1v) is 8.48. The van der Waals surface area contributed by atoms with Gasteiger partial charge in [0.05, 0.1) is 13.7 Å². The SMILES string of the molecule is CCOP(=S)(OOC)Oc1cc(C)nc(C(C)C)n1. The minimum Gasteiger partial charge on any atom is -0.404 e. The van der Waals surface area contributed by atoms with E-state index in [1.165, 1.54) is 7.11 Å². The fourth-order valence-electron chi connectivity index (χ4n) is 1.29. The zero-order valence-corrected chi connectivity index (χ0v) is 13.5. The molecule has 19 heavy (non-hydrogen) atoms. The van der Waals surface area contributed by atoms with Crippen molar-refractivity contribution in [1.82, 2.24) is 9.97 Å². The number of aromatic nitrogens is 2. The van der Waals surface area contributed by atoms with Crippen molar-refractivity contribution in [3.63, 3.8) is 0 Å². The van der Waals surface area contributed by atoms with E-state index in [1.54, 1.807) is 13.0 Å². The van der Waals surface area contributed by atoms with Crippen LogP contribution < -0.4 is 4.52 Å². The van der Waals surface area contributed by atoms with Gasteiger partial charge in [0.25, 0.3) is 0 Å². The summed E-state index contributed by atoms with van der Waals surface area (Å²) >= 11 is 5.19. The fraction of sp³-hybridized carbons (Fsp3) is 0.636. The third kappa shape index (κ3) is 5.12. The molecule has 0 aromatic carbocycles. The van der Waals surface area contributed by atoms with Crippen LogP contribution in [0.5, 0.6) is 5.88 Å². The topological polar surface area (TPSA) is 62.7 Å². The van der Waals surface area contributed by atoms with Crippen molar-refractivity contribution in [1.29, 1.82) is 0 Å². The molecule has 0 N–H and O–H groups in total.